The monoisotopic (exact) mass is 132 g/mol. The fourth-order valence-corrected chi connectivity index (χ4v) is 0.238. The first-order valence-corrected chi connectivity index (χ1v) is 2.77. The molecule has 0 atom stereocenters. The summed E-state index contributed by atoms with van der Waals surface area (Å²) >= 11 is 0. The Morgan fingerprint density at radius 1 is 1.56 bits per heavy atom. The van der Waals surface area contributed by atoms with Gasteiger partial charge in [0.1, 0.15) is 13.2 Å². The maximum Gasteiger partial charge on any atom is 0.105 e. The topological polar surface area (TPSA) is 38.7 Å². The highest BCUT2D eigenvalue weighted by Gasteiger charge is 1.86. The van der Waals surface area contributed by atoms with Gasteiger partial charge in [0.25, 0.3) is 0 Å². The van der Waals surface area contributed by atoms with Crippen LogP contribution in [0.4, 0.5) is 0 Å². The highest BCUT2D eigenvalue weighted by molar-refractivity contribution is 4.86. The Bertz CT molecular complexity index is 80.4. The van der Waals surface area contributed by atoms with Crippen molar-refractivity contribution in [2.24, 2.45) is 0 Å². The van der Waals surface area contributed by atoms with E-state index in [-0.39, 0.29) is 13.2 Å². The number of hydrogen-bond donors (Lipinski definition) is 1. The third-order valence-electron chi connectivity index (χ3n) is 0.563. The van der Waals surface area contributed by atoms with Gasteiger partial charge in [-0.15, -0.1) is 0 Å². The van der Waals surface area contributed by atoms with Gasteiger partial charge in [0.15, 0.2) is 0 Å². The third kappa shape index (κ3) is 7.62. The summed E-state index contributed by atoms with van der Waals surface area (Å²) in [6, 6.07) is 0. The first-order valence-electron chi connectivity index (χ1n) is 2.77. The molecule has 0 bridgehead atoms. The molecular weight excluding hydrogens is 120 g/mol. The molecule has 0 aliphatic heterocycles. The fraction of sp³-hybridized carbons (Fsp3) is 0.667. The molecule has 0 aliphatic carbocycles. The quantitative estimate of drug-likeness (QED) is 0.256. The normalized spacial score (nSPS) is 9.56. The van der Waals surface area contributed by atoms with Crippen LogP contribution in [0.3, 0.4) is 0 Å². The van der Waals surface area contributed by atoms with Gasteiger partial charge >= 0.3 is 0 Å². The van der Waals surface area contributed by atoms with Gasteiger partial charge in [-0.3, -0.25) is 0 Å². The largest absolute Gasteiger partial charge is 0.394 e. The van der Waals surface area contributed by atoms with Crippen molar-refractivity contribution in [3.63, 3.8) is 0 Å². The van der Waals surface area contributed by atoms with Gasteiger partial charge in [0.05, 0.1) is 6.61 Å². The van der Waals surface area contributed by atoms with Crippen LogP contribution in [0.25, 0.3) is 0 Å². The van der Waals surface area contributed by atoms with E-state index in [1.807, 2.05) is 6.92 Å². The van der Waals surface area contributed by atoms with Gasteiger partial charge in [-0.05, 0) is 6.92 Å². The zero-order valence-corrected chi connectivity index (χ0v) is 5.59. The van der Waals surface area contributed by atoms with Crippen LogP contribution in [0.5, 0.6) is 0 Å². The molecule has 0 radical (unpaired) electrons. The Morgan fingerprint density at radius 3 is 2.67 bits per heavy atom. The summed E-state index contributed by atoms with van der Waals surface area (Å²) in [6.07, 6.45) is 0. The molecule has 0 unspecified atom stereocenters. The molecule has 54 valence electrons. The maximum atomic E-state index is 8.20. The third-order valence-corrected chi connectivity index (χ3v) is 0.563. The van der Waals surface area contributed by atoms with Crippen LogP contribution in [0.1, 0.15) is 6.92 Å². The van der Waals surface area contributed by atoms with Crippen molar-refractivity contribution < 1.29 is 14.9 Å². The Kier molecular flexibility index (Phi) is 5.51. The predicted octanol–water partition coefficient (Wildman–Crippen LogP) is 0.503. The van der Waals surface area contributed by atoms with Crippen molar-refractivity contribution >= 4 is 0 Å². The summed E-state index contributed by atoms with van der Waals surface area (Å²) in [5.74, 6) is 0. The van der Waals surface area contributed by atoms with Gasteiger partial charge in [0, 0.05) is 0 Å². The molecule has 3 nitrogen and oxygen atoms in total. The molecule has 1 N–H and O–H groups in total. The van der Waals surface area contributed by atoms with Crippen LogP contribution < -0.4 is 0 Å². The lowest BCUT2D eigenvalue weighted by Gasteiger charge is -1.99. The molecule has 9 heavy (non-hydrogen) atoms. The predicted molar refractivity (Wildman–Crippen MR) is 33.8 cm³/mol. The summed E-state index contributed by atoms with van der Waals surface area (Å²) in [5, 5.41) is 8.20. The maximum absolute atomic E-state index is 8.20. The second-order valence-corrected chi connectivity index (χ2v) is 1.76. The Labute approximate surface area is 54.8 Å². The van der Waals surface area contributed by atoms with E-state index in [9.17, 15) is 0 Å². The smallest absolute Gasteiger partial charge is 0.105 e. The molecule has 0 spiro atoms. The van der Waals surface area contributed by atoms with E-state index >= 15 is 0 Å². The molecule has 0 aromatic rings. The average molecular weight is 132 g/mol. The molecule has 0 aromatic heterocycles. The molecular formula is C6H12O3. The molecule has 0 fully saturated rings. The van der Waals surface area contributed by atoms with E-state index < -0.39 is 0 Å². The van der Waals surface area contributed by atoms with Crippen LogP contribution in [-0.2, 0) is 9.78 Å². The summed E-state index contributed by atoms with van der Waals surface area (Å²) in [5.41, 5.74) is 0.896. The number of hydrogen-bond acceptors (Lipinski definition) is 3. The lowest BCUT2D eigenvalue weighted by Crippen LogP contribution is -2.01. The number of rotatable bonds is 5. The van der Waals surface area contributed by atoms with Crippen LogP contribution in [0, 0.1) is 0 Å². The zero-order chi connectivity index (χ0) is 7.11. The standard InChI is InChI=1S/C6H12O3/c1-6(2)5-9-8-4-3-7/h7H,1,3-5H2,2H3. The first kappa shape index (κ1) is 8.62. The molecule has 0 aromatic carbocycles. The van der Waals surface area contributed by atoms with Crippen molar-refractivity contribution in [2.45, 2.75) is 6.92 Å². The van der Waals surface area contributed by atoms with Crippen molar-refractivity contribution in [1.82, 2.24) is 0 Å². The number of aliphatic hydroxyl groups excluding tert-OH is 1. The van der Waals surface area contributed by atoms with Gasteiger partial charge in [-0.2, -0.15) is 0 Å². The molecule has 3 heteroatoms. The Hall–Kier alpha value is -0.380. The van der Waals surface area contributed by atoms with Crippen molar-refractivity contribution in [3.8, 4) is 0 Å². The minimum Gasteiger partial charge on any atom is -0.394 e. The van der Waals surface area contributed by atoms with Gasteiger partial charge in [-0.1, -0.05) is 12.2 Å². The van der Waals surface area contributed by atoms with Crippen LogP contribution in [0.2, 0.25) is 0 Å². The minimum absolute atomic E-state index is 0.0177. The second kappa shape index (κ2) is 5.75. The lowest BCUT2D eigenvalue weighted by molar-refractivity contribution is -0.291. The molecule has 0 saturated carbocycles. The average Bonchev–Trinajstić information content (AvgIpc) is 1.80. The van der Waals surface area contributed by atoms with Gasteiger partial charge in [-0.25, -0.2) is 9.78 Å². The molecule has 0 saturated heterocycles. The summed E-state index contributed by atoms with van der Waals surface area (Å²) in [7, 11) is 0. The van der Waals surface area contributed by atoms with E-state index in [0.717, 1.165) is 5.57 Å². The van der Waals surface area contributed by atoms with Crippen LogP contribution in [-0.4, -0.2) is 24.9 Å². The van der Waals surface area contributed by atoms with E-state index in [1.165, 1.54) is 0 Å². The molecule has 0 rings (SSSR count). The summed E-state index contributed by atoms with van der Waals surface area (Å²) < 4.78 is 0. The van der Waals surface area contributed by atoms with Crippen molar-refractivity contribution in [3.05, 3.63) is 12.2 Å². The van der Waals surface area contributed by atoms with Gasteiger partial charge in [0.2, 0.25) is 0 Å². The molecule has 0 amide bonds. The lowest BCUT2D eigenvalue weighted by atomic mass is 10.4. The van der Waals surface area contributed by atoms with E-state index in [1.54, 1.807) is 0 Å². The first-order chi connectivity index (χ1) is 4.27. The highest BCUT2D eigenvalue weighted by Crippen LogP contribution is 1.87. The second-order valence-electron chi connectivity index (χ2n) is 1.76. The Balaban J connectivity index is 2.83. The van der Waals surface area contributed by atoms with Crippen LogP contribution in [0.15, 0.2) is 12.2 Å². The fourth-order valence-electron chi connectivity index (χ4n) is 0.238. The van der Waals surface area contributed by atoms with Gasteiger partial charge < -0.3 is 5.11 Å². The zero-order valence-electron chi connectivity index (χ0n) is 5.59. The number of aliphatic hydroxyl groups is 1. The van der Waals surface area contributed by atoms with Crippen molar-refractivity contribution in [1.29, 1.82) is 0 Å². The van der Waals surface area contributed by atoms with E-state index in [4.69, 9.17) is 5.11 Å². The summed E-state index contributed by atoms with van der Waals surface area (Å²) in [4.78, 5) is 9.06. The SMILES string of the molecule is C=C(C)COOCCO. The molecule has 0 aliphatic rings. The van der Waals surface area contributed by atoms with Crippen LogP contribution >= 0.6 is 0 Å². The summed E-state index contributed by atoms with van der Waals surface area (Å²) in [6.45, 7) is 6.01. The Morgan fingerprint density at radius 2 is 2.22 bits per heavy atom. The minimum atomic E-state index is -0.0177. The molecule has 0 heterocycles. The van der Waals surface area contributed by atoms with Crippen molar-refractivity contribution in [2.75, 3.05) is 19.8 Å². The van der Waals surface area contributed by atoms with E-state index in [0.29, 0.717) is 6.61 Å². The van der Waals surface area contributed by atoms with E-state index in [2.05, 4.69) is 16.4 Å². The highest BCUT2D eigenvalue weighted by atomic mass is 17.2.